The number of benzene rings is 2. The van der Waals surface area contributed by atoms with Crippen LogP contribution in [0, 0.1) is 5.82 Å². The summed E-state index contributed by atoms with van der Waals surface area (Å²) in [4.78, 5) is 10.8. The number of halogens is 1. The molecule has 0 spiro atoms. The van der Waals surface area contributed by atoms with Gasteiger partial charge in [0.15, 0.2) is 0 Å². The number of anilines is 1. The summed E-state index contributed by atoms with van der Waals surface area (Å²) in [6.45, 7) is 0. The first kappa shape index (κ1) is 11.1. The van der Waals surface area contributed by atoms with Gasteiger partial charge in [-0.05, 0) is 23.8 Å². The van der Waals surface area contributed by atoms with Crippen molar-refractivity contribution in [3.05, 3.63) is 53.8 Å². The van der Waals surface area contributed by atoms with Gasteiger partial charge in [0.2, 0.25) is 0 Å². The van der Waals surface area contributed by atoms with E-state index < -0.39 is 11.8 Å². The van der Waals surface area contributed by atoms with Crippen molar-refractivity contribution in [2.75, 3.05) is 5.73 Å². The van der Waals surface area contributed by atoms with Crippen molar-refractivity contribution in [3.8, 4) is 11.1 Å². The second-order valence-corrected chi connectivity index (χ2v) is 3.59. The summed E-state index contributed by atoms with van der Waals surface area (Å²) < 4.78 is 13.3. The molecular formula is C13H10FNO2. The van der Waals surface area contributed by atoms with Gasteiger partial charge in [-0.15, -0.1) is 0 Å². The summed E-state index contributed by atoms with van der Waals surface area (Å²) in [7, 11) is 0. The standard InChI is InChI=1S/C13H10FNO2/c14-11-6-2-5-10(12(11)15)8-3-1-4-9(7-8)13(16)17/h1-7H,15H2,(H,16,17). The Labute approximate surface area is 97.3 Å². The van der Waals surface area contributed by atoms with E-state index in [0.717, 1.165) is 0 Å². The van der Waals surface area contributed by atoms with Gasteiger partial charge in [0, 0.05) is 5.56 Å². The topological polar surface area (TPSA) is 63.3 Å². The zero-order valence-corrected chi connectivity index (χ0v) is 8.85. The quantitative estimate of drug-likeness (QED) is 0.781. The van der Waals surface area contributed by atoms with Crippen molar-refractivity contribution in [3.63, 3.8) is 0 Å². The second-order valence-electron chi connectivity index (χ2n) is 3.59. The van der Waals surface area contributed by atoms with Crippen LogP contribution in [0.5, 0.6) is 0 Å². The molecule has 0 saturated heterocycles. The van der Waals surface area contributed by atoms with Gasteiger partial charge in [-0.3, -0.25) is 0 Å². The Hall–Kier alpha value is -2.36. The van der Waals surface area contributed by atoms with Crippen LogP contribution in [0.1, 0.15) is 10.4 Å². The summed E-state index contributed by atoms with van der Waals surface area (Å²) in [5, 5.41) is 8.87. The summed E-state index contributed by atoms with van der Waals surface area (Å²) in [5.74, 6) is -1.54. The number of rotatable bonds is 2. The van der Waals surface area contributed by atoms with E-state index in [-0.39, 0.29) is 11.3 Å². The van der Waals surface area contributed by atoms with Crippen molar-refractivity contribution in [2.45, 2.75) is 0 Å². The molecule has 0 unspecified atom stereocenters. The van der Waals surface area contributed by atoms with Crippen LogP contribution in [0.4, 0.5) is 10.1 Å². The van der Waals surface area contributed by atoms with Gasteiger partial charge >= 0.3 is 5.97 Å². The van der Waals surface area contributed by atoms with Crippen LogP contribution in [0.15, 0.2) is 42.5 Å². The van der Waals surface area contributed by atoms with E-state index in [2.05, 4.69) is 0 Å². The monoisotopic (exact) mass is 231 g/mol. The van der Waals surface area contributed by atoms with E-state index in [1.54, 1.807) is 18.2 Å². The lowest BCUT2D eigenvalue weighted by Gasteiger charge is -2.07. The molecule has 0 bridgehead atoms. The first-order chi connectivity index (χ1) is 8.09. The van der Waals surface area contributed by atoms with Crippen molar-refractivity contribution < 1.29 is 14.3 Å². The zero-order chi connectivity index (χ0) is 12.4. The average molecular weight is 231 g/mol. The number of carbonyl (C=O) groups is 1. The molecule has 2 aromatic rings. The Balaban J connectivity index is 2.57. The maximum atomic E-state index is 13.3. The Kier molecular flexibility index (Phi) is 2.78. The van der Waals surface area contributed by atoms with E-state index >= 15 is 0 Å². The number of carboxylic acids is 1. The largest absolute Gasteiger partial charge is 0.478 e. The lowest BCUT2D eigenvalue weighted by molar-refractivity contribution is 0.0697. The lowest BCUT2D eigenvalue weighted by atomic mass is 10.0. The molecule has 0 heterocycles. The molecule has 3 N–H and O–H groups in total. The van der Waals surface area contributed by atoms with E-state index in [1.165, 1.54) is 24.3 Å². The Bertz CT molecular complexity index is 581. The molecule has 0 aliphatic carbocycles. The maximum absolute atomic E-state index is 13.3. The SMILES string of the molecule is Nc1c(F)cccc1-c1cccc(C(=O)O)c1. The van der Waals surface area contributed by atoms with E-state index in [0.29, 0.717) is 11.1 Å². The second kappa shape index (κ2) is 4.25. The van der Waals surface area contributed by atoms with Gasteiger partial charge in [0.1, 0.15) is 5.82 Å². The Morgan fingerprint density at radius 3 is 2.59 bits per heavy atom. The van der Waals surface area contributed by atoms with Gasteiger partial charge in [-0.2, -0.15) is 0 Å². The molecule has 2 rings (SSSR count). The number of carboxylic acid groups (broad SMARTS) is 1. The summed E-state index contributed by atoms with van der Waals surface area (Å²) in [6, 6.07) is 10.7. The van der Waals surface area contributed by atoms with Crippen molar-refractivity contribution in [2.24, 2.45) is 0 Å². The molecule has 0 aliphatic heterocycles. The highest BCUT2D eigenvalue weighted by Crippen LogP contribution is 2.28. The molecule has 17 heavy (non-hydrogen) atoms. The van der Waals surface area contributed by atoms with Crippen molar-refractivity contribution in [1.29, 1.82) is 0 Å². The van der Waals surface area contributed by atoms with E-state index in [4.69, 9.17) is 10.8 Å². The predicted octanol–water partition coefficient (Wildman–Crippen LogP) is 2.77. The first-order valence-electron chi connectivity index (χ1n) is 4.97. The molecule has 0 aliphatic rings. The van der Waals surface area contributed by atoms with Gasteiger partial charge in [0.05, 0.1) is 11.3 Å². The first-order valence-corrected chi connectivity index (χ1v) is 4.97. The molecule has 2 aromatic carbocycles. The Morgan fingerprint density at radius 1 is 1.18 bits per heavy atom. The van der Waals surface area contributed by atoms with Gasteiger partial charge in [-0.1, -0.05) is 24.3 Å². The molecule has 3 nitrogen and oxygen atoms in total. The summed E-state index contributed by atoms with van der Waals surface area (Å²) in [5.41, 5.74) is 6.86. The molecule has 0 aromatic heterocycles. The third-order valence-electron chi connectivity index (χ3n) is 2.47. The number of hydrogen-bond donors (Lipinski definition) is 2. The van der Waals surface area contributed by atoms with Crippen LogP contribution in [0.2, 0.25) is 0 Å². The zero-order valence-electron chi connectivity index (χ0n) is 8.85. The van der Waals surface area contributed by atoms with Gasteiger partial charge < -0.3 is 10.8 Å². The molecule has 4 heteroatoms. The van der Waals surface area contributed by atoms with Gasteiger partial charge in [0.25, 0.3) is 0 Å². The molecule has 0 atom stereocenters. The Morgan fingerprint density at radius 2 is 1.88 bits per heavy atom. The maximum Gasteiger partial charge on any atom is 0.335 e. The fraction of sp³-hybridized carbons (Fsp3) is 0. The normalized spacial score (nSPS) is 10.2. The molecule has 0 saturated carbocycles. The van der Waals surface area contributed by atoms with Crippen LogP contribution < -0.4 is 5.73 Å². The van der Waals surface area contributed by atoms with Crippen LogP contribution in [-0.2, 0) is 0 Å². The van der Waals surface area contributed by atoms with Gasteiger partial charge in [-0.25, -0.2) is 9.18 Å². The highest BCUT2D eigenvalue weighted by Gasteiger charge is 2.09. The lowest BCUT2D eigenvalue weighted by Crippen LogP contribution is -1.98. The molecule has 0 amide bonds. The fourth-order valence-electron chi connectivity index (χ4n) is 1.61. The minimum atomic E-state index is -1.03. The van der Waals surface area contributed by atoms with Crippen molar-refractivity contribution >= 4 is 11.7 Å². The minimum absolute atomic E-state index is 0.0232. The number of nitrogen functional groups attached to an aromatic ring is 1. The fourth-order valence-corrected chi connectivity index (χ4v) is 1.61. The smallest absolute Gasteiger partial charge is 0.335 e. The number of aromatic carboxylic acids is 1. The number of nitrogens with two attached hydrogens (primary N) is 1. The molecule has 86 valence electrons. The summed E-state index contributed by atoms with van der Waals surface area (Å²) >= 11 is 0. The highest BCUT2D eigenvalue weighted by molar-refractivity contribution is 5.90. The molecule has 0 radical (unpaired) electrons. The highest BCUT2D eigenvalue weighted by atomic mass is 19.1. The van der Waals surface area contributed by atoms with Crippen LogP contribution >= 0.6 is 0 Å². The van der Waals surface area contributed by atoms with Crippen LogP contribution in [-0.4, -0.2) is 11.1 Å². The third kappa shape index (κ3) is 2.10. The number of hydrogen-bond acceptors (Lipinski definition) is 2. The van der Waals surface area contributed by atoms with E-state index in [9.17, 15) is 9.18 Å². The molecular weight excluding hydrogens is 221 g/mol. The van der Waals surface area contributed by atoms with Crippen LogP contribution in [0.25, 0.3) is 11.1 Å². The predicted molar refractivity (Wildman–Crippen MR) is 63.2 cm³/mol. The van der Waals surface area contributed by atoms with Crippen molar-refractivity contribution in [1.82, 2.24) is 0 Å². The average Bonchev–Trinajstić information content (AvgIpc) is 2.33. The van der Waals surface area contributed by atoms with E-state index in [1.807, 2.05) is 0 Å². The minimum Gasteiger partial charge on any atom is -0.478 e. The summed E-state index contributed by atoms with van der Waals surface area (Å²) in [6.07, 6.45) is 0. The number of para-hydroxylation sites is 1. The van der Waals surface area contributed by atoms with Crippen LogP contribution in [0.3, 0.4) is 0 Å². The molecule has 0 fully saturated rings. The third-order valence-corrected chi connectivity index (χ3v) is 2.47.